The average molecular weight is 498 g/mol. The molecule has 0 spiro atoms. The van der Waals surface area contributed by atoms with Crippen molar-refractivity contribution < 1.29 is 14.7 Å². The molecule has 0 unspecified atom stereocenters. The number of imidazole rings is 1. The Morgan fingerprint density at radius 1 is 1.08 bits per heavy atom. The van der Waals surface area contributed by atoms with E-state index >= 15 is 0 Å². The standard InChI is InChI=1S/C28H43N5O3/c1-6-21(19(4)5)14-26(34)24(12-18(2)3)32-28(36)25(15-22-16-30-17-31-22)33-27(35)23(29)13-20-10-8-7-9-11-20/h6-11,16-19,21,23-26,34H,1,12-15,29H2,2-5H3,(H,30,31)(H,32,36)(H,33,35)/t21-,23-,24-,25-,26-/m0/s1. The minimum atomic E-state index is -0.884. The van der Waals surface area contributed by atoms with E-state index in [-0.39, 0.29) is 24.2 Å². The van der Waals surface area contributed by atoms with E-state index in [0.29, 0.717) is 30.9 Å². The number of aliphatic hydroxyl groups excluding tert-OH is 1. The Morgan fingerprint density at radius 3 is 2.33 bits per heavy atom. The van der Waals surface area contributed by atoms with Crippen molar-refractivity contribution in [2.45, 2.75) is 77.6 Å². The number of hydrogen-bond acceptors (Lipinski definition) is 5. The smallest absolute Gasteiger partial charge is 0.243 e. The van der Waals surface area contributed by atoms with Crippen LogP contribution in [-0.4, -0.2) is 51.1 Å². The summed E-state index contributed by atoms with van der Waals surface area (Å²) >= 11 is 0. The van der Waals surface area contributed by atoms with Crippen LogP contribution < -0.4 is 16.4 Å². The molecule has 0 aliphatic heterocycles. The lowest BCUT2D eigenvalue weighted by atomic mass is 9.86. The summed E-state index contributed by atoms with van der Waals surface area (Å²) in [6.07, 6.45) is 5.98. The number of hydrogen-bond donors (Lipinski definition) is 5. The van der Waals surface area contributed by atoms with Crippen molar-refractivity contribution in [2.75, 3.05) is 0 Å². The van der Waals surface area contributed by atoms with Crippen LogP contribution in [0.25, 0.3) is 0 Å². The summed E-state index contributed by atoms with van der Waals surface area (Å²) in [5, 5.41) is 16.9. The van der Waals surface area contributed by atoms with Crippen LogP contribution in [0.1, 0.15) is 51.8 Å². The lowest BCUT2D eigenvalue weighted by Gasteiger charge is -2.30. The molecule has 2 rings (SSSR count). The van der Waals surface area contributed by atoms with Crippen molar-refractivity contribution in [1.29, 1.82) is 0 Å². The predicted octanol–water partition coefficient (Wildman–Crippen LogP) is 2.75. The van der Waals surface area contributed by atoms with Gasteiger partial charge in [0.2, 0.25) is 11.8 Å². The van der Waals surface area contributed by atoms with Crippen LogP contribution in [0.2, 0.25) is 0 Å². The van der Waals surface area contributed by atoms with Gasteiger partial charge in [0, 0.05) is 12.6 Å². The first-order valence-electron chi connectivity index (χ1n) is 12.8. The van der Waals surface area contributed by atoms with E-state index in [1.54, 1.807) is 6.20 Å². The fourth-order valence-corrected chi connectivity index (χ4v) is 4.25. The summed E-state index contributed by atoms with van der Waals surface area (Å²) in [4.78, 5) is 33.5. The fourth-order valence-electron chi connectivity index (χ4n) is 4.25. The van der Waals surface area contributed by atoms with E-state index in [1.165, 1.54) is 6.33 Å². The van der Waals surface area contributed by atoms with E-state index in [0.717, 1.165) is 5.56 Å². The Balaban J connectivity index is 2.15. The van der Waals surface area contributed by atoms with Crippen LogP contribution in [0, 0.1) is 17.8 Å². The van der Waals surface area contributed by atoms with Crippen LogP contribution in [0.15, 0.2) is 55.5 Å². The van der Waals surface area contributed by atoms with E-state index in [2.05, 4.69) is 41.0 Å². The number of aromatic amines is 1. The second-order valence-corrected chi connectivity index (χ2v) is 10.3. The number of benzene rings is 1. The number of nitrogens with zero attached hydrogens (tertiary/aromatic N) is 1. The number of aliphatic hydroxyl groups is 1. The van der Waals surface area contributed by atoms with Gasteiger partial charge in [-0.05, 0) is 42.6 Å². The molecule has 36 heavy (non-hydrogen) atoms. The molecule has 0 saturated heterocycles. The van der Waals surface area contributed by atoms with Crippen molar-refractivity contribution in [1.82, 2.24) is 20.6 Å². The highest BCUT2D eigenvalue weighted by Crippen LogP contribution is 2.22. The number of nitrogens with one attached hydrogen (secondary N) is 3. The zero-order valence-corrected chi connectivity index (χ0v) is 22.0. The average Bonchev–Trinajstić information content (AvgIpc) is 3.34. The molecule has 0 aliphatic rings. The quantitative estimate of drug-likeness (QED) is 0.241. The first kappa shape index (κ1) is 29.3. The molecule has 8 nitrogen and oxygen atoms in total. The molecule has 0 fully saturated rings. The highest BCUT2D eigenvalue weighted by Gasteiger charge is 2.30. The molecule has 1 heterocycles. The number of carbonyl (C=O) groups is 2. The van der Waals surface area contributed by atoms with Gasteiger partial charge in [-0.25, -0.2) is 4.98 Å². The SMILES string of the molecule is C=C[C@@H](C[C@H](O)[C@H](CC(C)C)NC(=O)[C@H](Cc1c[nH]cn1)NC(=O)[C@@H](N)Cc1ccccc1)C(C)C. The van der Waals surface area contributed by atoms with Crippen molar-refractivity contribution in [2.24, 2.45) is 23.5 Å². The molecule has 0 bridgehead atoms. The molecule has 8 heteroatoms. The molecular formula is C28H43N5O3. The van der Waals surface area contributed by atoms with Gasteiger partial charge in [-0.1, -0.05) is 64.1 Å². The first-order valence-corrected chi connectivity index (χ1v) is 12.8. The number of amides is 2. The van der Waals surface area contributed by atoms with Gasteiger partial charge in [0.05, 0.1) is 30.2 Å². The van der Waals surface area contributed by atoms with E-state index < -0.39 is 30.1 Å². The zero-order chi connectivity index (χ0) is 26.7. The molecule has 6 N–H and O–H groups in total. The Labute approximate surface area is 215 Å². The summed E-state index contributed by atoms with van der Waals surface area (Å²) in [6.45, 7) is 12.2. The van der Waals surface area contributed by atoms with Crippen LogP contribution in [0.5, 0.6) is 0 Å². The summed E-state index contributed by atoms with van der Waals surface area (Å²) in [5.41, 5.74) is 7.75. The minimum absolute atomic E-state index is 0.127. The molecule has 0 aliphatic carbocycles. The normalized spacial score (nSPS) is 15.7. The molecule has 1 aromatic carbocycles. The Bertz CT molecular complexity index is 930. The molecule has 198 valence electrons. The van der Waals surface area contributed by atoms with Crippen LogP contribution in [-0.2, 0) is 22.4 Å². The lowest BCUT2D eigenvalue weighted by molar-refractivity contribution is -0.130. The second kappa shape index (κ2) is 14.6. The zero-order valence-electron chi connectivity index (χ0n) is 22.0. The Hall–Kier alpha value is -2.97. The van der Waals surface area contributed by atoms with Crippen LogP contribution >= 0.6 is 0 Å². The third-order valence-electron chi connectivity index (χ3n) is 6.43. The van der Waals surface area contributed by atoms with E-state index in [1.807, 2.05) is 50.3 Å². The van der Waals surface area contributed by atoms with Gasteiger partial charge in [0.1, 0.15) is 6.04 Å². The number of rotatable bonds is 15. The van der Waals surface area contributed by atoms with Crippen molar-refractivity contribution in [3.8, 4) is 0 Å². The molecule has 5 atom stereocenters. The highest BCUT2D eigenvalue weighted by molar-refractivity contribution is 5.90. The first-order chi connectivity index (χ1) is 17.1. The van der Waals surface area contributed by atoms with Gasteiger partial charge in [0.15, 0.2) is 0 Å². The summed E-state index contributed by atoms with van der Waals surface area (Å²) in [5.74, 6) is -0.0815. The molecule has 0 saturated carbocycles. The molecular weight excluding hydrogens is 454 g/mol. The predicted molar refractivity (Wildman–Crippen MR) is 143 cm³/mol. The largest absolute Gasteiger partial charge is 0.391 e. The van der Waals surface area contributed by atoms with Crippen LogP contribution in [0.3, 0.4) is 0 Å². The topological polar surface area (TPSA) is 133 Å². The van der Waals surface area contributed by atoms with Crippen molar-refractivity contribution >= 4 is 11.8 Å². The molecule has 1 aromatic heterocycles. The maximum atomic E-state index is 13.4. The minimum Gasteiger partial charge on any atom is -0.391 e. The fraction of sp³-hybridized carbons (Fsp3) is 0.536. The lowest BCUT2D eigenvalue weighted by Crippen LogP contribution is -2.56. The molecule has 2 amide bonds. The van der Waals surface area contributed by atoms with Crippen molar-refractivity contribution in [3.05, 3.63) is 66.8 Å². The Morgan fingerprint density at radius 2 is 1.78 bits per heavy atom. The van der Waals surface area contributed by atoms with Gasteiger partial charge in [-0.15, -0.1) is 6.58 Å². The van der Waals surface area contributed by atoms with Gasteiger partial charge >= 0.3 is 0 Å². The van der Waals surface area contributed by atoms with Crippen LogP contribution in [0.4, 0.5) is 0 Å². The number of allylic oxidation sites excluding steroid dienone is 1. The van der Waals surface area contributed by atoms with Gasteiger partial charge in [-0.2, -0.15) is 0 Å². The maximum absolute atomic E-state index is 13.4. The van der Waals surface area contributed by atoms with Crippen molar-refractivity contribution in [3.63, 3.8) is 0 Å². The Kier molecular flexibility index (Phi) is 11.8. The second-order valence-electron chi connectivity index (χ2n) is 10.3. The number of aromatic nitrogens is 2. The van der Waals surface area contributed by atoms with E-state index in [9.17, 15) is 14.7 Å². The maximum Gasteiger partial charge on any atom is 0.243 e. The van der Waals surface area contributed by atoms with Gasteiger partial charge in [-0.3, -0.25) is 9.59 Å². The molecule has 0 radical (unpaired) electrons. The third-order valence-corrected chi connectivity index (χ3v) is 6.43. The summed E-state index contributed by atoms with van der Waals surface area (Å²) in [6, 6.07) is 7.35. The molecule has 2 aromatic rings. The highest BCUT2D eigenvalue weighted by atomic mass is 16.3. The van der Waals surface area contributed by atoms with E-state index in [4.69, 9.17) is 5.73 Å². The summed E-state index contributed by atoms with van der Waals surface area (Å²) < 4.78 is 0. The number of carbonyl (C=O) groups excluding carboxylic acids is 2. The summed E-state index contributed by atoms with van der Waals surface area (Å²) in [7, 11) is 0. The third kappa shape index (κ3) is 9.59. The monoisotopic (exact) mass is 497 g/mol. The number of nitrogens with two attached hydrogens (primary N) is 1. The number of H-pyrrole nitrogens is 1. The van der Waals surface area contributed by atoms with Gasteiger partial charge < -0.3 is 26.5 Å². The van der Waals surface area contributed by atoms with Gasteiger partial charge in [0.25, 0.3) is 0 Å².